The van der Waals surface area contributed by atoms with Crippen LogP contribution in [-0.4, -0.2) is 40.9 Å². The lowest BCUT2D eigenvalue weighted by atomic mass is 9.82. The summed E-state index contributed by atoms with van der Waals surface area (Å²) < 4.78 is 39.0. The number of amides is 1. The summed E-state index contributed by atoms with van der Waals surface area (Å²) in [6.07, 6.45) is 0. The number of carbonyl (C=O) groups excluding carboxylic acids is 3. The van der Waals surface area contributed by atoms with E-state index in [2.05, 4.69) is 5.32 Å². The Morgan fingerprint density at radius 3 is 2.22 bits per heavy atom. The van der Waals surface area contributed by atoms with Crippen molar-refractivity contribution in [1.82, 2.24) is 5.32 Å². The number of ketones is 2. The Labute approximate surface area is 211 Å². The summed E-state index contributed by atoms with van der Waals surface area (Å²) >= 11 is 0. The predicted molar refractivity (Wildman–Crippen MR) is 131 cm³/mol. The number of hydrogen-bond donors (Lipinski definition) is 3. The van der Waals surface area contributed by atoms with Crippen molar-refractivity contribution < 1.29 is 42.6 Å². The third kappa shape index (κ3) is 4.67. The van der Waals surface area contributed by atoms with Gasteiger partial charge in [0.05, 0.1) is 24.3 Å². The van der Waals surface area contributed by atoms with Gasteiger partial charge in [-0.15, -0.1) is 0 Å². The van der Waals surface area contributed by atoms with Crippen molar-refractivity contribution in [2.24, 2.45) is 0 Å². The molecule has 0 saturated carbocycles. The predicted octanol–water partition coefficient (Wildman–Crippen LogP) is 4.71. The lowest BCUT2D eigenvalue weighted by Crippen LogP contribution is -2.31. The second-order valence-corrected chi connectivity index (χ2v) is 10.2. The Bertz CT molecular complexity index is 1460. The van der Waals surface area contributed by atoms with Gasteiger partial charge in [-0.25, -0.2) is 4.39 Å². The van der Waals surface area contributed by atoms with Gasteiger partial charge in [0, 0.05) is 22.3 Å². The first-order valence-corrected chi connectivity index (χ1v) is 13.0. The molecule has 0 saturated heterocycles. The highest BCUT2D eigenvalue weighted by molar-refractivity contribution is 7.54. The van der Waals surface area contributed by atoms with E-state index in [9.17, 15) is 33.6 Å². The third-order valence-electron chi connectivity index (χ3n) is 5.77. The minimum absolute atomic E-state index is 0.0550. The molecule has 0 heterocycles. The Morgan fingerprint density at radius 1 is 0.919 bits per heavy atom. The summed E-state index contributed by atoms with van der Waals surface area (Å²) in [4.78, 5) is 39.4. The van der Waals surface area contributed by atoms with Gasteiger partial charge in [-0.1, -0.05) is 30.3 Å². The molecule has 11 heteroatoms. The number of hydrogen-bond acceptors (Lipinski definition) is 8. The molecule has 192 valence electrons. The summed E-state index contributed by atoms with van der Waals surface area (Å²) in [5.41, 5.74) is -1.37. The van der Waals surface area contributed by atoms with E-state index < -0.39 is 48.2 Å². The molecule has 1 amide bonds. The first-order chi connectivity index (χ1) is 17.6. The van der Waals surface area contributed by atoms with Gasteiger partial charge in [0.1, 0.15) is 17.3 Å². The van der Waals surface area contributed by atoms with Gasteiger partial charge in [-0.05, 0) is 38.1 Å². The largest absolute Gasteiger partial charge is 0.507 e. The SMILES string of the molecule is CCOP(=O)(OCC)C(NC(=O)c1cc(O)c2c(c1)C(=O)c1cccc(O)c1C2=O)c1ccccc1F. The Balaban J connectivity index is 1.78. The lowest BCUT2D eigenvalue weighted by Gasteiger charge is -2.28. The molecule has 3 N–H and O–H groups in total. The highest BCUT2D eigenvalue weighted by Gasteiger charge is 2.41. The molecule has 1 aliphatic rings. The maximum Gasteiger partial charge on any atom is 0.357 e. The maximum absolute atomic E-state index is 14.7. The van der Waals surface area contributed by atoms with Crippen molar-refractivity contribution >= 4 is 25.1 Å². The van der Waals surface area contributed by atoms with Crippen LogP contribution in [0.25, 0.3) is 0 Å². The van der Waals surface area contributed by atoms with E-state index in [-0.39, 0.29) is 46.6 Å². The molecule has 0 radical (unpaired) electrons. The fourth-order valence-corrected chi connectivity index (χ4v) is 6.11. The van der Waals surface area contributed by atoms with Crippen LogP contribution < -0.4 is 5.32 Å². The Morgan fingerprint density at radius 2 is 1.57 bits per heavy atom. The van der Waals surface area contributed by atoms with E-state index >= 15 is 0 Å². The first kappa shape index (κ1) is 26.2. The topological polar surface area (TPSA) is 139 Å². The maximum atomic E-state index is 14.7. The average Bonchev–Trinajstić information content (AvgIpc) is 2.86. The van der Waals surface area contributed by atoms with Crippen LogP contribution in [0.4, 0.5) is 4.39 Å². The highest BCUT2D eigenvalue weighted by atomic mass is 31.2. The van der Waals surface area contributed by atoms with Crippen molar-refractivity contribution in [1.29, 1.82) is 0 Å². The van der Waals surface area contributed by atoms with E-state index in [0.29, 0.717) is 0 Å². The zero-order valence-corrected chi connectivity index (χ0v) is 20.8. The first-order valence-electron chi connectivity index (χ1n) is 11.3. The van der Waals surface area contributed by atoms with Crippen molar-refractivity contribution in [3.05, 3.63) is 93.8 Å². The molecular formula is C26H23FNO8P. The molecule has 0 bridgehead atoms. The molecule has 1 aliphatic carbocycles. The number of benzene rings is 3. The fourth-order valence-electron chi connectivity index (χ4n) is 4.19. The monoisotopic (exact) mass is 527 g/mol. The van der Waals surface area contributed by atoms with Gasteiger partial charge in [-0.2, -0.15) is 0 Å². The number of aromatic hydroxyl groups is 2. The van der Waals surface area contributed by atoms with Crippen LogP contribution in [0.1, 0.15) is 67.4 Å². The number of phenolic OH excluding ortho intramolecular Hbond substituents is 2. The molecule has 0 aliphatic heterocycles. The van der Waals surface area contributed by atoms with Crippen LogP contribution in [-0.2, 0) is 13.6 Å². The van der Waals surface area contributed by atoms with E-state index in [1.165, 1.54) is 36.4 Å². The zero-order valence-electron chi connectivity index (χ0n) is 19.9. The number of nitrogens with one attached hydrogen (secondary N) is 1. The summed E-state index contributed by atoms with van der Waals surface area (Å²) in [6.45, 7) is 3.01. The summed E-state index contributed by atoms with van der Waals surface area (Å²) in [7, 11) is -4.14. The van der Waals surface area contributed by atoms with Crippen LogP contribution in [0.5, 0.6) is 11.5 Å². The smallest absolute Gasteiger partial charge is 0.357 e. The molecule has 37 heavy (non-hydrogen) atoms. The summed E-state index contributed by atoms with van der Waals surface area (Å²) in [6, 6.07) is 11.4. The molecule has 0 fully saturated rings. The summed E-state index contributed by atoms with van der Waals surface area (Å²) in [5, 5.41) is 23.2. The van der Waals surface area contributed by atoms with Crippen molar-refractivity contribution in [3.63, 3.8) is 0 Å². The van der Waals surface area contributed by atoms with Gasteiger partial charge >= 0.3 is 7.60 Å². The molecule has 3 aromatic carbocycles. The molecule has 0 spiro atoms. The fraction of sp³-hybridized carbons (Fsp3) is 0.192. The van der Waals surface area contributed by atoms with E-state index in [1.807, 2.05) is 0 Å². The Kier molecular flexibility index (Phi) is 7.27. The third-order valence-corrected chi connectivity index (χ3v) is 8.04. The van der Waals surface area contributed by atoms with Crippen LogP contribution in [0, 0.1) is 5.82 Å². The zero-order chi connectivity index (χ0) is 26.9. The van der Waals surface area contributed by atoms with Gasteiger partial charge < -0.3 is 24.6 Å². The molecule has 4 rings (SSSR count). The van der Waals surface area contributed by atoms with Crippen LogP contribution in [0.2, 0.25) is 0 Å². The van der Waals surface area contributed by atoms with Gasteiger partial charge in [-0.3, -0.25) is 18.9 Å². The van der Waals surface area contributed by atoms with Crippen molar-refractivity contribution in [2.45, 2.75) is 19.6 Å². The van der Waals surface area contributed by atoms with E-state index in [4.69, 9.17) is 9.05 Å². The summed E-state index contributed by atoms with van der Waals surface area (Å²) in [5.74, 6) is -5.83. The quantitative estimate of drug-likeness (QED) is 0.280. The second-order valence-electron chi connectivity index (χ2n) is 8.05. The molecule has 1 unspecified atom stereocenters. The standard InChI is InChI=1S/C26H23FNO8P/c1-3-35-37(34,36-4-2)26(15-8-5-6-10-18(15)27)28-25(33)14-12-17-22(20(30)13-14)24(32)21-16(23(17)31)9-7-11-19(21)29/h5-13,26,29-30H,3-4H2,1-2H3,(H,28,33). The van der Waals surface area contributed by atoms with Crippen molar-refractivity contribution in [2.75, 3.05) is 13.2 Å². The Hall–Kier alpha value is -3.85. The normalized spacial score (nSPS) is 13.6. The van der Waals surface area contributed by atoms with Crippen LogP contribution in [0.3, 0.4) is 0 Å². The van der Waals surface area contributed by atoms with Crippen molar-refractivity contribution in [3.8, 4) is 11.5 Å². The van der Waals surface area contributed by atoms with Crippen LogP contribution in [0.15, 0.2) is 54.6 Å². The van der Waals surface area contributed by atoms with Gasteiger partial charge in [0.2, 0.25) is 5.78 Å². The number of carbonyl (C=O) groups is 3. The second kappa shape index (κ2) is 10.3. The van der Waals surface area contributed by atoms with Gasteiger partial charge in [0.15, 0.2) is 11.6 Å². The average molecular weight is 527 g/mol. The number of rotatable bonds is 8. The molecule has 0 aromatic heterocycles. The minimum atomic E-state index is -4.14. The minimum Gasteiger partial charge on any atom is -0.507 e. The molecule has 3 aromatic rings. The van der Waals surface area contributed by atoms with E-state index in [1.54, 1.807) is 13.8 Å². The highest BCUT2D eigenvalue weighted by Crippen LogP contribution is 2.60. The van der Waals surface area contributed by atoms with Crippen LogP contribution >= 0.6 is 7.60 Å². The van der Waals surface area contributed by atoms with Gasteiger partial charge in [0.25, 0.3) is 5.91 Å². The van der Waals surface area contributed by atoms with E-state index in [0.717, 1.165) is 18.2 Å². The molecular weight excluding hydrogens is 504 g/mol. The number of phenols is 2. The lowest BCUT2D eigenvalue weighted by molar-refractivity contribution is 0.0934. The molecule has 9 nitrogen and oxygen atoms in total. The number of fused-ring (bicyclic) bond motifs is 2. The number of halogens is 1. The molecule has 1 atom stereocenters.